The molecule has 0 aliphatic carbocycles. The van der Waals surface area contributed by atoms with E-state index >= 15 is 0 Å². The first-order chi connectivity index (χ1) is 8.79. The van der Waals surface area contributed by atoms with Crippen LogP contribution in [0.2, 0.25) is 0 Å². The fourth-order valence-corrected chi connectivity index (χ4v) is 1.52. The lowest BCUT2D eigenvalue weighted by Crippen LogP contribution is -2.20. The molecule has 0 saturated carbocycles. The largest absolute Gasteiger partial charge is 0.417 e. The Morgan fingerprint density at radius 3 is 2.26 bits per heavy atom. The van der Waals surface area contributed by atoms with E-state index in [0.29, 0.717) is 29.0 Å². The Labute approximate surface area is 103 Å². The monoisotopic (exact) mass is 275 g/mol. The third-order valence-electron chi connectivity index (χ3n) is 2.41. The molecule has 0 spiro atoms. The van der Waals surface area contributed by atoms with Gasteiger partial charge in [-0.25, -0.2) is 8.78 Å². The van der Waals surface area contributed by atoms with Crippen LogP contribution in [0, 0.1) is 11.6 Å². The first kappa shape index (κ1) is 13.3. The Morgan fingerprint density at radius 1 is 1.00 bits per heavy atom. The minimum Gasteiger partial charge on any atom is -0.281 e. The van der Waals surface area contributed by atoms with Crippen molar-refractivity contribution >= 4 is 0 Å². The van der Waals surface area contributed by atoms with Gasteiger partial charge in [-0.05, 0) is 18.2 Å². The van der Waals surface area contributed by atoms with Crippen LogP contribution in [0.15, 0.2) is 41.3 Å². The molecule has 0 amide bonds. The normalized spacial score (nSPS) is 11.6. The number of hydrogen-bond acceptors (Lipinski definition) is 1. The molecule has 1 aromatic carbocycles. The minimum atomic E-state index is -4.66. The quantitative estimate of drug-likeness (QED) is 0.733. The standard InChI is InChI=1S/C12H6F5NO/c13-8-2-3-10(9(14)5-8)18-6-7(12(15,16)17)1-4-11(18)19/h1-6H. The molecule has 0 unspecified atom stereocenters. The molecule has 0 radical (unpaired) electrons. The zero-order valence-electron chi connectivity index (χ0n) is 9.21. The van der Waals surface area contributed by atoms with Gasteiger partial charge in [-0.2, -0.15) is 13.2 Å². The van der Waals surface area contributed by atoms with E-state index in [9.17, 15) is 26.7 Å². The van der Waals surface area contributed by atoms with Gasteiger partial charge in [-0.15, -0.1) is 0 Å². The van der Waals surface area contributed by atoms with Crippen molar-refractivity contribution in [3.8, 4) is 5.69 Å². The van der Waals surface area contributed by atoms with Gasteiger partial charge in [0.05, 0.1) is 11.3 Å². The van der Waals surface area contributed by atoms with Crippen LogP contribution < -0.4 is 5.56 Å². The van der Waals surface area contributed by atoms with Gasteiger partial charge < -0.3 is 0 Å². The van der Waals surface area contributed by atoms with Crippen LogP contribution in [-0.2, 0) is 6.18 Å². The van der Waals surface area contributed by atoms with Crippen LogP contribution in [0.3, 0.4) is 0 Å². The molecule has 0 atom stereocenters. The topological polar surface area (TPSA) is 22.0 Å². The van der Waals surface area contributed by atoms with E-state index in [-0.39, 0.29) is 0 Å². The summed E-state index contributed by atoms with van der Waals surface area (Å²) >= 11 is 0. The van der Waals surface area contributed by atoms with E-state index in [1.54, 1.807) is 0 Å². The summed E-state index contributed by atoms with van der Waals surface area (Å²) < 4.78 is 64.2. The van der Waals surface area contributed by atoms with Gasteiger partial charge in [0.25, 0.3) is 5.56 Å². The summed E-state index contributed by atoms with van der Waals surface area (Å²) in [5.41, 5.74) is -2.40. The highest BCUT2D eigenvalue weighted by Gasteiger charge is 2.31. The molecule has 7 heteroatoms. The molecule has 1 heterocycles. The molecule has 1 aromatic heterocycles. The predicted octanol–water partition coefficient (Wildman–Crippen LogP) is 3.13. The average Bonchev–Trinajstić information content (AvgIpc) is 2.29. The molecule has 2 nitrogen and oxygen atoms in total. The van der Waals surface area contributed by atoms with Gasteiger partial charge >= 0.3 is 6.18 Å². The molecule has 0 N–H and O–H groups in total. The van der Waals surface area contributed by atoms with Gasteiger partial charge in [0.1, 0.15) is 11.6 Å². The van der Waals surface area contributed by atoms with Gasteiger partial charge in [0.15, 0.2) is 0 Å². The highest BCUT2D eigenvalue weighted by Crippen LogP contribution is 2.28. The van der Waals surface area contributed by atoms with Crippen molar-refractivity contribution in [3.63, 3.8) is 0 Å². The molecule has 0 bridgehead atoms. The second-order valence-corrected chi connectivity index (χ2v) is 3.72. The number of rotatable bonds is 1. The van der Waals surface area contributed by atoms with E-state index in [1.165, 1.54) is 0 Å². The lowest BCUT2D eigenvalue weighted by Gasteiger charge is -2.11. The van der Waals surface area contributed by atoms with Crippen LogP contribution >= 0.6 is 0 Å². The summed E-state index contributed by atoms with van der Waals surface area (Å²) in [4.78, 5) is 11.5. The maximum atomic E-state index is 13.5. The lowest BCUT2D eigenvalue weighted by molar-refractivity contribution is -0.138. The summed E-state index contributed by atoms with van der Waals surface area (Å²) in [6.45, 7) is 0. The smallest absolute Gasteiger partial charge is 0.281 e. The van der Waals surface area contributed by atoms with E-state index in [0.717, 1.165) is 12.1 Å². The average molecular weight is 275 g/mol. The molecule has 0 aliphatic heterocycles. The van der Waals surface area contributed by atoms with Crippen LogP contribution in [-0.4, -0.2) is 4.57 Å². The van der Waals surface area contributed by atoms with Crippen molar-refractivity contribution in [2.75, 3.05) is 0 Å². The SMILES string of the molecule is O=c1ccc(C(F)(F)F)cn1-c1ccc(F)cc1F. The number of alkyl halides is 3. The van der Waals surface area contributed by atoms with Gasteiger partial charge in [0, 0.05) is 18.3 Å². The predicted molar refractivity (Wildman–Crippen MR) is 57.0 cm³/mol. The van der Waals surface area contributed by atoms with E-state index in [2.05, 4.69) is 0 Å². The summed E-state index contributed by atoms with van der Waals surface area (Å²) in [6.07, 6.45) is -4.19. The number of aromatic nitrogens is 1. The van der Waals surface area contributed by atoms with E-state index in [4.69, 9.17) is 0 Å². The highest BCUT2D eigenvalue weighted by atomic mass is 19.4. The number of nitrogens with zero attached hydrogens (tertiary/aromatic N) is 1. The second kappa shape index (κ2) is 4.49. The Bertz CT molecular complexity index is 675. The molecule has 0 fully saturated rings. The van der Waals surface area contributed by atoms with Crippen molar-refractivity contribution < 1.29 is 22.0 Å². The molecule has 100 valence electrons. The minimum absolute atomic E-state index is 0.447. The summed E-state index contributed by atoms with van der Waals surface area (Å²) in [5.74, 6) is -2.01. The molecule has 19 heavy (non-hydrogen) atoms. The maximum absolute atomic E-state index is 13.5. The molecular weight excluding hydrogens is 269 g/mol. The second-order valence-electron chi connectivity index (χ2n) is 3.72. The summed E-state index contributed by atoms with van der Waals surface area (Å²) in [7, 11) is 0. The van der Waals surface area contributed by atoms with Crippen molar-refractivity contribution in [2.24, 2.45) is 0 Å². The molecule has 0 saturated heterocycles. The third-order valence-corrected chi connectivity index (χ3v) is 2.41. The number of hydrogen-bond donors (Lipinski definition) is 0. The maximum Gasteiger partial charge on any atom is 0.417 e. The molecule has 2 aromatic rings. The Morgan fingerprint density at radius 2 is 1.68 bits per heavy atom. The van der Waals surface area contributed by atoms with E-state index < -0.39 is 34.6 Å². The van der Waals surface area contributed by atoms with Crippen LogP contribution in [0.25, 0.3) is 5.69 Å². The lowest BCUT2D eigenvalue weighted by atomic mass is 10.2. The third kappa shape index (κ3) is 2.64. The van der Waals surface area contributed by atoms with Crippen LogP contribution in [0.4, 0.5) is 22.0 Å². The molecule has 2 rings (SSSR count). The fourth-order valence-electron chi connectivity index (χ4n) is 1.52. The number of halogens is 5. The van der Waals surface area contributed by atoms with Crippen molar-refractivity contribution in [3.05, 3.63) is 64.1 Å². The zero-order valence-corrected chi connectivity index (χ0v) is 9.21. The summed E-state index contributed by atoms with van der Waals surface area (Å²) in [5, 5.41) is 0. The molecule has 0 aliphatic rings. The van der Waals surface area contributed by atoms with Gasteiger partial charge in [-0.3, -0.25) is 9.36 Å². The first-order valence-corrected chi connectivity index (χ1v) is 5.04. The van der Waals surface area contributed by atoms with Crippen molar-refractivity contribution in [1.82, 2.24) is 4.57 Å². The number of pyridine rings is 1. The Balaban J connectivity index is 2.65. The summed E-state index contributed by atoms with van der Waals surface area (Å²) in [6, 6.07) is 3.51. The van der Waals surface area contributed by atoms with Crippen molar-refractivity contribution in [2.45, 2.75) is 6.18 Å². The zero-order chi connectivity index (χ0) is 14.2. The van der Waals surface area contributed by atoms with Gasteiger partial charge in [0.2, 0.25) is 0 Å². The molecular formula is C12H6F5NO. The van der Waals surface area contributed by atoms with E-state index in [1.807, 2.05) is 0 Å². The number of benzene rings is 1. The Hall–Kier alpha value is -2.18. The van der Waals surface area contributed by atoms with Crippen molar-refractivity contribution in [1.29, 1.82) is 0 Å². The van der Waals surface area contributed by atoms with Gasteiger partial charge in [-0.1, -0.05) is 0 Å². The van der Waals surface area contributed by atoms with Crippen LogP contribution in [0.5, 0.6) is 0 Å². The van der Waals surface area contributed by atoms with Crippen LogP contribution in [0.1, 0.15) is 5.56 Å². The fraction of sp³-hybridized carbons (Fsp3) is 0.0833. The highest BCUT2D eigenvalue weighted by molar-refractivity contribution is 5.35. The first-order valence-electron chi connectivity index (χ1n) is 5.04. The Kier molecular flexibility index (Phi) is 3.13.